The minimum absolute atomic E-state index is 1.12. The molecule has 0 aliphatic heterocycles. The maximum Gasteiger partial charge on any atom is 0.0540 e. The van der Waals surface area contributed by atoms with Gasteiger partial charge in [-0.1, -0.05) is 140 Å². The Hall–Kier alpha value is -6.22. The van der Waals surface area contributed by atoms with Crippen molar-refractivity contribution in [3.8, 4) is 22.3 Å². The summed E-state index contributed by atoms with van der Waals surface area (Å²) in [7, 11) is 0. The van der Waals surface area contributed by atoms with Crippen LogP contribution in [0.2, 0.25) is 0 Å². The first-order valence-corrected chi connectivity index (χ1v) is 17.9. The molecule has 1 heterocycles. The first-order valence-electron chi connectivity index (χ1n) is 17.1. The molecule has 50 heavy (non-hydrogen) atoms. The number of hydrogen-bond donors (Lipinski definition) is 0. The molecule has 0 spiro atoms. The third-order valence-corrected chi connectivity index (χ3v) is 11.1. The van der Waals surface area contributed by atoms with Crippen molar-refractivity contribution in [1.82, 2.24) is 0 Å². The third kappa shape index (κ3) is 4.76. The lowest BCUT2D eigenvalue weighted by Crippen LogP contribution is -2.11. The van der Waals surface area contributed by atoms with Crippen LogP contribution in [-0.4, -0.2) is 0 Å². The molecule has 9 aromatic carbocycles. The fourth-order valence-electron chi connectivity index (χ4n) is 7.66. The minimum atomic E-state index is 1.12. The van der Waals surface area contributed by atoms with Crippen LogP contribution in [0.4, 0.5) is 17.1 Å². The number of hydrogen-bond acceptors (Lipinski definition) is 2. The molecule has 0 amide bonds. The topological polar surface area (TPSA) is 3.24 Å². The molecular formula is C48H31NS. The van der Waals surface area contributed by atoms with Gasteiger partial charge in [0, 0.05) is 37.1 Å². The van der Waals surface area contributed by atoms with Gasteiger partial charge in [0.1, 0.15) is 0 Å². The lowest BCUT2D eigenvalue weighted by atomic mass is 9.93. The van der Waals surface area contributed by atoms with Crippen molar-refractivity contribution in [2.45, 2.75) is 0 Å². The number of nitrogens with zero attached hydrogens (tertiary/aromatic N) is 1. The summed E-state index contributed by atoms with van der Waals surface area (Å²) in [6, 6.07) is 68.9. The van der Waals surface area contributed by atoms with Crippen LogP contribution in [0.15, 0.2) is 188 Å². The largest absolute Gasteiger partial charge is 0.310 e. The predicted octanol–water partition coefficient (Wildman–Crippen LogP) is 14.3. The summed E-state index contributed by atoms with van der Waals surface area (Å²) < 4.78 is 2.60. The van der Waals surface area contributed by atoms with Gasteiger partial charge in [-0.3, -0.25) is 0 Å². The van der Waals surface area contributed by atoms with E-state index in [4.69, 9.17) is 0 Å². The first-order chi connectivity index (χ1) is 24.8. The zero-order chi connectivity index (χ0) is 33.0. The van der Waals surface area contributed by atoms with E-state index in [0.29, 0.717) is 0 Å². The first kappa shape index (κ1) is 28.8. The highest BCUT2D eigenvalue weighted by molar-refractivity contribution is 7.25. The van der Waals surface area contributed by atoms with Crippen LogP contribution < -0.4 is 4.90 Å². The zero-order valence-electron chi connectivity index (χ0n) is 27.3. The smallest absolute Gasteiger partial charge is 0.0540 e. The second-order valence-corrected chi connectivity index (χ2v) is 14.0. The van der Waals surface area contributed by atoms with Crippen molar-refractivity contribution in [3.05, 3.63) is 188 Å². The second kappa shape index (κ2) is 11.7. The molecule has 0 fully saturated rings. The van der Waals surface area contributed by atoms with E-state index in [1.54, 1.807) is 0 Å². The normalized spacial score (nSPS) is 11.6. The second-order valence-electron chi connectivity index (χ2n) is 12.9. The zero-order valence-corrected chi connectivity index (χ0v) is 28.1. The van der Waals surface area contributed by atoms with Gasteiger partial charge in [-0.25, -0.2) is 0 Å². The number of benzene rings is 9. The molecule has 0 saturated carbocycles. The van der Waals surface area contributed by atoms with Gasteiger partial charge in [-0.05, 0) is 97.5 Å². The predicted molar refractivity (Wildman–Crippen MR) is 217 cm³/mol. The molecule has 0 N–H and O–H groups in total. The van der Waals surface area contributed by atoms with Crippen molar-refractivity contribution in [2.24, 2.45) is 0 Å². The number of fused-ring (bicyclic) bond motifs is 7. The summed E-state index contributed by atoms with van der Waals surface area (Å²) in [5, 5.41) is 10.2. The van der Waals surface area contributed by atoms with E-state index < -0.39 is 0 Å². The molecule has 234 valence electrons. The summed E-state index contributed by atoms with van der Waals surface area (Å²) in [5.74, 6) is 0. The summed E-state index contributed by atoms with van der Waals surface area (Å²) in [4.78, 5) is 2.45. The van der Waals surface area contributed by atoms with Crippen molar-refractivity contribution in [3.63, 3.8) is 0 Å². The van der Waals surface area contributed by atoms with E-state index in [9.17, 15) is 0 Å². The highest BCUT2D eigenvalue weighted by atomic mass is 32.1. The standard InChI is InChI=1S/C48H31NS/c1-2-13-33-28-36(25-24-32(33)12-1)40-18-7-9-22-46(40)49(38-26-27-44-43-21-8-10-23-47(43)50-48(44)31-38)37-16-11-15-34(29-37)45-30-35-14-3-4-17-39(35)41-19-5-6-20-42(41)45/h1-31H. The van der Waals surface area contributed by atoms with Gasteiger partial charge < -0.3 is 4.90 Å². The van der Waals surface area contributed by atoms with E-state index in [-0.39, 0.29) is 0 Å². The summed E-state index contributed by atoms with van der Waals surface area (Å²) >= 11 is 1.86. The van der Waals surface area contributed by atoms with Gasteiger partial charge in [0.25, 0.3) is 0 Å². The summed E-state index contributed by atoms with van der Waals surface area (Å²) in [5.41, 5.74) is 8.22. The fraction of sp³-hybridized carbons (Fsp3) is 0. The van der Waals surface area contributed by atoms with Crippen LogP contribution in [0.5, 0.6) is 0 Å². The van der Waals surface area contributed by atoms with E-state index >= 15 is 0 Å². The van der Waals surface area contributed by atoms with E-state index in [1.807, 2.05) is 11.3 Å². The third-order valence-electron chi connectivity index (χ3n) is 10.0. The molecule has 0 aliphatic carbocycles. The molecule has 1 nitrogen and oxygen atoms in total. The molecule has 0 radical (unpaired) electrons. The van der Waals surface area contributed by atoms with E-state index in [0.717, 1.165) is 17.1 Å². The molecule has 0 unspecified atom stereocenters. The number of para-hydroxylation sites is 1. The Labute approximate surface area is 294 Å². The van der Waals surface area contributed by atoms with Gasteiger partial charge in [0.2, 0.25) is 0 Å². The van der Waals surface area contributed by atoms with Crippen molar-refractivity contribution >= 4 is 80.9 Å². The summed E-state index contributed by atoms with van der Waals surface area (Å²) in [6.07, 6.45) is 0. The monoisotopic (exact) mass is 653 g/mol. The number of rotatable bonds is 5. The van der Waals surface area contributed by atoms with Crippen LogP contribution in [0.3, 0.4) is 0 Å². The van der Waals surface area contributed by atoms with Crippen LogP contribution in [0, 0.1) is 0 Å². The van der Waals surface area contributed by atoms with Gasteiger partial charge in [-0.2, -0.15) is 0 Å². The summed E-state index contributed by atoms with van der Waals surface area (Å²) in [6.45, 7) is 0. The van der Waals surface area contributed by atoms with E-state index in [2.05, 4.69) is 193 Å². The molecule has 0 atom stereocenters. The van der Waals surface area contributed by atoms with Gasteiger partial charge >= 0.3 is 0 Å². The lowest BCUT2D eigenvalue weighted by Gasteiger charge is -2.28. The van der Waals surface area contributed by atoms with Gasteiger partial charge in [-0.15, -0.1) is 11.3 Å². The highest BCUT2D eigenvalue weighted by Crippen LogP contribution is 2.45. The molecule has 10 aromatic rings. The van der Waals surface area contributed by atoms with Crippen LogP contribution in [0.1, 0.15) is 0 Å². The fourth-order valence-corrected chi connectivity index (χ4v) is 8.80. The number of anilines is 3. The molecule has 0 saturated heterocycles. The maximum atomic E-state index is 2.45. The molecule has 2 heteroatoms. The van der Waals surface area contributed by atoms with Crippen LogP contribution >= 0.6 is 11.3 Å². The highest BCUT2D eigenvalue weighted by Gasteiger charge is 2.20. The Morgan fingerprint density at radius 1 is 0.320 bits per heavy atom. The van der Waals surface area contributed by atoms with E-state index in [1.165, 1.54) is 74.7 Å². The maximum absolute atomic E-state index is 2.45. The Balaban J connectivity index is 1.21. The molecule has 10 rings (SSSR count). The quantitative estimate of drug-likeness (QED) is 0.167. The average molecular weight is 654 g/mol. The Morgan fingerprint density at radius 2 is 0.980 bits per heavy atom. The van der Waals surface area contributed by atoms with Crippen LogP contribution in [-0.2, 0) is 0 Å². The van der Waals surface area contributed by atoms with Gasteiger partial charge in [0.05, 0.1) is 5.69 Å². The van der Waals surface area contributed by atoms with Crippen molar-refractivity contribution in [2.75, 3.05) is 4.90 Å². The number of thiophene rings is 1. The van der Waals surface area contributed by atoms with Crippen LogP contribution in [0.25, 0.3) is 74.7 Å². The average Bonchev–Trinajstić information content (AvgIpc) is 3.56. The van der Waals surface area contributed by atoms with Crippen molar-refractivity contribution in [1.29, 1.82) is 0 Å². The van der Waals surface area contributed by atoms with Crippen molar-refractivity contribution < 1.29 is 0 Å². The molecular weight excluding hydrogens is 623 g/mol. The Kier molecular flexibility index (Phi) is 6.75. The lowest BCUT2D eigenvalue weighted by molar-refractivity contribution is 1.29. The van der Waals surface area contributed by atoms with Gasteiger partial charge in [0.15, 0.2) is 0 Å². The Bertz CT molecular complexity index is 2900. The SMILES string of the molecule is c1cc(-c2cc3ccccc3c3ccccc23)cc(N(c2ccc3c(c2)sc2ccccc23)c2ccccc2-c2ccc3ccccc3c2)c1. The molecule has 1 aromatic heterocycles. The molecule has 0 bridgehead atoms. The molecule has 0 aliphatic rings. The Morgan fingerprint density at radius 3 is 1.88 bits per heavy atom. The minimum Gasteiger partial charge on any atom is -0.310 e.